The highest BCUT2D eigenvalue weighted by Crippen LogP contribution is 2.31. The number of esters is 2. The Balaban J connectivity index is 0.00000166. The molecule has 0 saturated carbocycles. The first-order valence-corrected chi connectivity index (χ1v) is 16.8. The van der Waals surface area contributed by atoms with Crippen LogP contribution < -0.4 is 4.74 Å². The molecule has 2 N–H and O–H groups in total. The number of carbonyl (C=O) groups excluding carboxylic acids is 3. The van der Waals surface area contributed by atoms with E-state index >= 15 is 0 Å². The van der Waals surface area contributed by atoms with Crippen molar-refractivity contribution < 1.29 is 38.5 Å². The maximum absolute atomic E-state index is 14.1. The monoisotopic (exact) mass is 702 g/mol. The van der Waals surface area contributed by atoms with Gasteiger partial charge < -0.3 is 34.1 Å². The van der Waals surface area contributed by atoms with Crippen LogP contribution in [-0.2, 0) is 32.2 Å². The van der Waals surface area contributed by atoms with Gasteiger partial charge in [0.05, 0.1) is 18.5 Å². The van der Waals surface area contributed by atoms with Crippen LogP contribution in [0.15, 0.2) is 78.9 Å². The summed E-state index contributed by atoms with van der Waals surface area (Å²) in [5, 5.41) is 7.98. The maximum Gasteiger partial charge on any atom is 0.354 e. The maximum atomic E-state index is 14.1. The molecule has 0 spiro atoms. The molecule has 3 aromatic carbocycles. The summed E-state index contributed by atoms with van der Waals surface area (Å²) in [6.07, 6.45) is 0.141. The molecule has 1 unspecified atom stereocenters. The molecule has 0 aliphatic heterocycles. The Hall–Kier alpha value is -5.04. The van der Waals surface area contributed by atoms with E-state index in [1.807, 2.05) is 110 Å². The molecule has 0 aliphatic carbocycles. The number of nitrogens with zero attached hydrogens (tertiary/aromatic N) is 3. The first-order chi connectivity index (χ1) is 24.3. The van der Waals surface area contributed by atoms with Crippen LogP contribution in [0.3, 0.4) is 0 Å². The number of aromatic amines is 1. The number of carboxylic acids is 1. The molecule has 12 heteroatoms. The molecule has 4 rings (SSSR count). The Bertz CT molecular complexity index is 1700. The number of benzene rings is 3. The van der Waals surface area contributed by atoms with E-state index in [4.69, 9.17) is 24.1 Å². The van der Waals surface area contributed by atoms with Crippen LogP contribution in [-0.4, -0.2) is 116 Å². The van der Waals surface area contributed by atoms with E-state index in [2.05, 4.69) is 4.98 Å². The van der Waals surface area contributed by atoms with E-state index in [1.165, 1.54) is 0 Å². The summed E-state index contributed by atoms with van der Waals surface area (Å²) in [7, 11) is 7.65. The highest BCUT2D eigenvalue weighted by molar-refractivity contribution is 6.11. The number of aromatic nitrogens is 1. The van der Waals surface area contributed by atoms with Crippen molar-refractivity contribution in [3.05, 3.63) is 101 Å². The fourth-order valence-electron chi connectivity index (χ4n) is 5.03. The largest absolute Gasteiger partial charge is 0.487 e. The molecular formula is C39H50N4O8. The van der Waals surface area contributed by atoms with Gasteiger partial charge in [-0.15, -0.1) is 0 Å². The van der Waals surface area contributed by atoms with Gasteiger partial charge in [0.15, 0.2) is 5.78 Å². The number of aliphatic carboxylic acids is 1. The zero-order valence-corrected chi connectivity index (χ0v) is 30.4. The Morgan fingerprint density at radius 2 is 1.37 bits per heavy atom. The third-order valence-corrected chi connectivity index (χ3v) is 7.75. The number of likely N-dealkylation sites (N-methyl/N-ethyl adjacent to an activating group) is 2. The zero-order valence-electron chi connectivity index (χ0n) is 30.4. The molecule has 12 nitrogen and oxygen atoms in total. The smallest absolute Gasteiger partial charge is 0.354 e. The molecule has 0 fully saturated rings. The molecule has 0 saturated heterocycles. The van der Waals surface area contributed by atoms with Gasteiger partial charge in [-0.2, -0.15) is 0 Å². The standard InChI is InChI=1S/C37H46N4O6.C2H4O2/c1-27(22-35(43)45-20-18-39(2)3)41(24-28-12-8-6-9-13-28)25-33(42)30-16-17-34(47-26-29-14-10-7-11-15-29)36-31(30)23-32(38-36)37(44)46-21-19-40(4)5;1-2(3)4/h6-17,23,27,38H,18-22,24-26H2,1-5H3;1H3,(H,3,4). The van der Waals surface area contributed by atoms with Gasteiger partial charge in [0.1, 0.15) is 31.3 Å². The van der Waals surface area contributed by atoms with E-state index in [9.17, 15) is 14.4 Å². The number of H-pyrrole nitrogens is 1. The molecule has 1 aromatic heterocycles. The number of hydrogen-bond acceptors (Lipinski definition) is 10. The number of nitrogens with one attached hydrogen (secondary N) is 1. The van der Waals surface area contributed by atoms with Crippen LogP contribution in [0.25, 0.3) is 10.9 Å². The van der Waals surface area contributed by atoms with Crippen molar-refractivity contribution in [2.75, 3.05) is 61.0 Å². The lowest BCUT2D eigenvalue weighted by Crippen LogP contribution is -2.38. The van der Waals surface area contributed by atoms with Crippen LogP contribution >= 0.6 is 0 Å². The van der Waals surface area contributed by atoms with Gasteiger partial charge in [0.2, 0.25) is 0 Å². The van der Waals surface area contributed by atoms with Crippen molar-refractivity contribution in [3.63, 3.8) is 0 Å². The van der Waals surface area contributed by atoms with E-state index in [0.717, 1.165) is 18.1 Å². The van der Waals surface area contributed by atoms with Gasteiger partial charge in [-0.1, -0.05) is 60.7 Å². The van der Waals surface area contributed by atoms with Gasteiger partial charge in [-0.3, -0.25) is 19.3 Å². The molecule has 51 heavy (non-hydrogen) atoms. The van der Waals surface area contributed by atoms with Gasteiger partial charge in [0, 0.05) is 43.5 Å². The topological polar surface area (TPSA) is 142 Å². The van der Waals surface area contributed by atoms with Crippen molar-refractivity contribution in [3.8, 4) is 5.75 Å². The second kappa shape index (κ2) is 20.6. The molecule has 0 radical (unpaired) electrons. The second-order valence-corrected chi connectivity index (χ2v) is 12.7. The molecule has 4 aromatic rings. The number of hydrogen-bond donors (Lipinski definition) is 2. The number of carbonyl (C=O) groups is 4. The summed E-state index contributed by atoms with van der Waals surface area (Å²) in [5.41, 5.74) is 3.22. The van der Waals surface area contributed by atoms with Crippen molar-refractivity contribution in [2.24, 2.45) is 0 Å². The predicted octanol–water partition coefficient (Wildman–Crippen LogP) is 5.12. The second-order valence-electron chi connectivity index (χ2n) is 12.7. The van der Waals surface area contributed by atoms with Crippen molar-refractivity contribution in [2.45, 2.75) is 39.5 Å². The van der Waals surface area contributed by atoms with Crippen LogP contribution in [0.2, 0.25) is 0 Å². The zero-order chi connectivity index (χ0) is 37.3. The average Bonchev–Trinajstić information content (AvgIpc) is 3.53. The highest BCUT2D eigenvalue weighted by atomic mass is 16.5. The molecule has 0 aliphatic rings. The Kier molecular flexibility index (Phi) is 16.3. The number of rotatable bonds is 18. The number of fused-ring (bicyclic) bond motifs is 1. The molecule has 1 atom stereocenters. The minimum absolute atomic E-state index is 0.0498. The molecular weight excluding hydrogens is 652 g/mol. The molecule has 0 bridgehead atoms. The lowest BCUT2D eigenvalue weighted by atomic mass is 10.0. The van der Waals surface area contributed by atoms with Gasteiger partial charge in [-0.05, 0) is 64.4 Å². The Labute approximate surface area is 299 Å². The molecule has 274 valence electrons. The normalized spacial score (nSPS) is 11.6. The van der Waals surface area contributed by atoms with Crippen LogP contribution in [0, 0.1) is 0 Å². The fourth-order valence-corrected chi connectivity index (χ4v) is 5.03. The minimum atomic E-state index is -0.833. The van der Waals surface area contributed by atoms with Crippen molar-refractivity contribution >= 4 is 34.6 Å². The van der Waals surface area contributed by atoms with Gasteiger partial charge >= 0.3 is 11.9 Å². The van der Waals surface area contributed by atoms with E-state index in [-0.39, 0.29) is 43.1 Å². The lowest BCUT2D eigenvalue weighted by molar-refractivity contribution is -0.145. The third-order valence-electron chi connectivity index (χ3n) is 7.75. The summed E-state index contributed by atoms with van der Waals surface area (Å²) in [6, 6.07) is 24.5. The number of Topliss-reactive ketones (excluding diaryl/α,β-unsaturated/α-hetero) is 1. The summed E-state index contributed by atoms with van der Waals surface area (Å²) in [4.78, 5) is 57.8. The summed E-state index contributed by atoms with van der Waals surface area (Å²) in [5.74, 6) is -1.29. The SMILES string of the molecule is CC(=O)O.CC(CC(=O)OCCN(C)C)N(CC(=O)c1ccc(OCc2ccccc2)c2[nH]c(C(=O)OCCN(C)C)cc12)Cc1ccccc1. The van der Waals surface area contributed by atoms with Crippen LogP contribution in [0.1, 0.15) is 52.2 Å². The summed E-state index contributed by atoms with van der Waals surface area (Å²) in [6.45, 7) is 5.60. The van der Waals surface area contributed by atoms with E-state index < -0.39 is 11.9 Å². The number of carboxylic acid groups (broad SMARTS) is 1. The molecule has 0 amide bonds. The van der Waals surface area contributed by atoms with E-state index in [0.29, 0.717) is 55.1 Å². The van der Waals surface area contributed by atoms with Crippen LogP contribution in [0.4, 0.5) is 0 Å². The third kappa shape index (κ3) is 14.0. The number of ether oxygens (including phenoxy) is 3. The van der Waals surface area contributed by atoms with Crippen molar-refractivity contribution in [1.29, 1.82) is 0 Å². The van der Waals surface area contributed by atoms with Crippen LogP contribution in [0.5, 0.6) is 5.75 Å². The van der Waals surface area contributed by atoms with Gasteiger partial charge in [0.25, 0.3) is 5.97 Å². The molecule has 1 heterocycles. The summed E-state index contributed by atoms with van der Waals surface area (Å²) < 4.78 is 17.1. The minimum Gasteiger partial charge on any atom is -0.487 e. The van der Waals surface area contributed by atoms with E-state index in [1.54, 1.807) is 18.2 Å². The quantitative estimate of drug-likeness (QED) is 0.105. The van der Waals surface area contributed by atoms with Gasteiger partial charge in [-0.25, -0.2) is 4.79 Å². The summed E-state index contributed by atoms with van der Waals surface area (Å²) >= 11 is 0. The Morgan fingerprint density at radius 3 is 1.96 bits per heavy atom. The van der Waals surface area contributed by atoms with Crippen molar-refractivity contribution in [1.82, 2.24) is 19.7 Å². The lowest BCUT2D eigenvalue weighted by Gasteiger charge is -2.28. The number of ketones is 1. The average molecular weight is 703 g/mol. The first-order valence-electron chi connectivity index (χ1n) is 16.8. The fraction of sp³-hybridized carbons (Fsp3) is 0.385. The highest BCUT2D eigenvalue weighted by Gasteiger charge is 2.25. The Morgan fingerprint density at radius 1 is 0.804 bits per heavy atom. The predicted molar refractivity (Wildman–Crippen MR) is 196 cm³/mol. The first kappa shape index (κ1) is 40.4.